The van der Waals surface area contributed by atoms with E-state index in [2.05, 4.69) is 38.7 Å². The van der Waals surface area contributed by atoms with Gasteiger partial charge in [0.2, 0.25) is 0 Å². The molecule has 1 heterocycles. The number of rotatable bonds is 6. The molecule has 1 N–H and O–H groups in total. The van der Waals surface area contributed by atoms with Gasteiger partial charge in [-0.25, -0.2) is 0 Å². The third-order valence-corrected chi connectivity index (χ3v) is 7.96. The van der Waals surface area contributed by atoms with Gasteiger partial charge in [0.1, 0.15) is 0 Å². The van der Waals surface area contributed by atoms with Gasteiger partial charge in [-0.3, -0.25) is 4.90 Å². The summed E-state index contributed by atoms with van der Waals surface area (Å²) in [4.78, 5) is 2.41. The van der Waals surface area contributed by atoms with E-state index in [0.29, 0.717) is 35.8 Å². The highest BCUT2D eigenvalue weighted by Crippen LogP contribution is 2.59. The van der Waals surface area contributed by atoms with Crippen molar-refractivity contribution in [2.24, 2.45) is 17.3 Å². The summed E-state index contributed by atoms with van der Waals surface area (Å²) in [7, 11) is 0. The number of nitrogens with zero attached hydrogens (tertiary/aromatic N) is 1. The highest BCUT2D eigenvalue weighted by molar-refractivity contribution is 8.00. The molecule has 0 radical (unpaired) electrons. The molecule has 0 aromatic heterocycles. The number of thioether (sulfide) groups is 1. The SMILES string of the molecule is C[C@@H]1SCCN(C[C@H](O)COCC2=CC[C@H]3C[C@H]2C3(C)C)[C@@H]1C. The van der Waals surface area contributed by atoms with E-state index in [1.54, 1.807) is 0 Å². The molecular weight excluding hydrogens is 306 g/mol. The third kappa shape index (κ3) is 3.65. The second-order valence-electron chi connectivity index (χ2n) is 8.30. The first-order valence-electron chi connectivity index (χ1n) is 9.20. The van der Waals surface area contributed by atoms with Crippen LogP contribution < -0.4 is 0 Å². The van der Waals surface area contributed by atoms with Crippen LogP contribution in [0.15, 0.2) is 11.6 Å². The van der Waals surface area contributed by atoms with Crippen LogP contribution in [0.3, 0.4) is 0 Å². The number of β-amino-alcohol motifs (C(OH)–C–C–N with tert-alkyl or cyclic N) is 1. The van der Waals surface area contributed by atoms with Gasteiger partial charge in [0.05, 0.1) is 19.3 Å². The molecule has 4 aliphatic rings. The number of ether oxygens (including phenoxy) is 1. The van der Waals surface area contributed by atoms with Crippen molar-refractivity contribution in [3.63, 3.8) is 0 Å². The first-order chi connectivity index (χ1) is 10.9. The molecule has 2 fully saturated rings. The second kappa shape index (κ2) is 7.07. The summed E-state index contributed by atoms with van der Waals surface area (Å²) < 4.78 is 5.88. The van der Waals surface area contributed by atoms with Crippen molar-refractivity contribution in [1.29, 1.82) is 0 Å². The molecule has 4 rings (SSSR count). The van der Waals surface area contributed by atoms with Gasteiger partial charge in [-0.2, -0.15) is 11.8 Å². The normalized spacial score (nSPS) is 37.9. The molecule has 3 nitrogen and oxygen atoms in total. The van der Waals surface area contributed by atoms with Crippen molar-refractivity contribution in [1.82, 2.24) is 4.90 Å². The van der Waals surface area contributed by atoms with Gasteiger partial charge in [-0.05, 0) is 42.6 Å². The van der Waals surface area contributed by atoms with Crippen molar-refractivity contribution in [2.45, 2.75) is 57.9 Å². The molecule has 0 aromatic carbocycles. The first kappa shape index (κ1) is 17.8. The lowest BCUT2D eigenvalue weighted by Gasteiger charge is -2.56. The van der Waals surface area contributed by atoms with Gasteiger partial charge in [0.15, 0.2) is 0 Å². The van der Waals surface area contributed by atoms with E-state index in [9.17, 15) is 5.11 Å². The van der Waals surface area contributed by atoms with Crippen LogP contribution in [-0.4, -0.2) is 59.5 Å². The molecule has 0 amide bonds. The van der Waals surface area contributed by atoms with Crippen LogP contribution >= 0.6 is 11.8 Å². The molecule has 5 atom stereocenters. The minimum atomic E-state index is -0.376. The molecule has 3 aliphatic carbocycles. The lowest BCUT2D eigenvalue weighted by atomic mass is 9.49. The van der Waals surface area contributed by atoms with Crippen LogP contribution in [0.1, 0.15) is 40.5 Å². The molecule has 0 aromatic rings. The summed E-state index contributed by atoms with van der Waals surface area (Å²) in [5, 5.41) is 11.0. The van der Waals surface area contributed by atoms with Crippen molar-refractivity contribution < 1.29 is 9.84 Å². The Hall–Kier alpha value is -0.0300. The van der Waals surface area contributed by atoms with Crippen LogP contribution in [0.25, 0.3) is 0 Å². The lowest BCUT2D eigenvalue weighted by Crippen LogP contribution is -2.49. The van der Waals surface area contributed by atoms with E-state index in [1.165, 1.54) is 24.2 Å². The van der Waals surface area contributed by atoms with Crippen LogP contribution in [0, 0.1) is 17.3 Å². The zero-order valence-electron chi connectivity index (χ0n) is 15.1. The summed E-state index contributed by atoms with van der Waals surface area (Å²) in [5.74, 6) is 2.75. The molecule has 23 heavy (non-hydrogen) atoms. The minimum Gasteiger partial charge on any atom is -0.389 e. The maximum absolute atomic E-state index is 10.3. The largest absolute Gasteiger partial charge is 0.389 e. The standard InChI is InChI=1S/C19H33NO2S/c1-13-14(2)23-8-7-20(13)10-17(21)12-22-11-15-5-6-16-9-18(15)19(16,3)4/h5,13-14,16-18,21H,6-12H2,1-4H3/t13-,14+,16+,17+,18-/m1/s1. The van der Waals surface area contributed by atoms with Crippen molar-refractivity contribution in [3.8, 4) is 0 Å². The molecule has 0 unspecified atom stereocenters. The van der Waals surface area contributed by atoms with Crippen molar-refractivity contribution in [2.75, 3.05) is 32.1 Å². The summed E-state index contributed by atoms with van der Waals surface area (Å²) in [6, 6.07) is 0.539. The van der Waals surface area contributed by atoms with E-state index in [0.717, 1.165) is 19.0 Å². The van der Waals surface area contributed by atoms with E-state index in [1.807, 2.05) is 11.8 Å². The number of fused-ring (bicyclic) bond motifs is 1. The molecule has 0 spiro atoms. The van der Waals surface area contributed by atoms with Crippen LogP contribution in [0.4, 0.5) is 0 Å². The Labute approximate surface area is 145 Å². The van der Waals surface area contributed by atoms with E-state index >= 15 is 0 Å². The monoisotopic (exact) mass is 339 g/mol. The predicted molar refractivity (Wildman–Crippen MR) is 97.9 cm³/mol. The van der Waals surface area contributed by atoms with Gasteiger partial charge >= 0.3 is 0 Å². The summed E-state index contributed by atoms with van der Waals surface area (Å²) >= 11 is 2.04. The summed E-state index contributed by atoms with van der Waals surface area (Å²) in [5.41, 5.74) is 1.93. The van der Waals surface area contributed by atoms with Gasteiger partial charge in [0, 0.05) is 30.1 Å². The molecule has 2 bridgehead atoms. The number of hydrogen-bond donors (Lipinski definition) is 1. The average molecular weight is 340 g/mol. The Morgan fingerprint density at radius 2 is 2.22 bits per heavy atom. The second-order valence-corrected chi connectivity index (χ2v) is 9.79. The molecule has 1 saturated carbocycles. The molecule has 132 valence electrons. The molecule has 1 saturated heterocycles. The van der Waals surface area contributed by atoms with Gasteiger partial charge < -0.3 is 9.84 Å². The fraction of sp³-hybridized carbons (Fsp3) is 0.895. The minimum absolute atomic E-state index is 0.376. The fourth-order valence-electron chi connectivity index (χ4n) is 4.53. The molecular formula is C19H33NO2S. The van der Waals surface area contributed by atoms with E-state index in [-0.39, 0.29) is 6.10 Å². The number of aliphatic hydroxyl groups excluding tert-OH is 1. The molecule has 1 aliphatic heterocycles. The predicted octanol–water partition coefficient (Wildman–Crippen LogP) is 3.18. The number of aliphatic hydroxyl groups is 1. The Balaban J connectivity index is 1.40. The fourth-order valence-corrected chi connectivity index (χ4v) is 5.69. The van der Waals surface area contributed by atoms with Crippen LogP contribution in [-0.2, 0) is 4.74 Å². The topological polar surface area (TPSA) is 32.7 Å². The van der Waals surface area contributed by atoms with E-state index < -0.39 is 0 Å². The smallest absolute Gasteiger partial charge is 0.0900 e. The maximum atomic E-state index is 10.3. The molecule has 4 heteroatoms. The van der Waals surface area contributed by atoms with Crippen LogP contribution in [0.2, 0.25) is 0 Å². The summed E-state index contributed by atoms with van der Waals surface area (Å²) in [6.45, 7) is 12.3. The van der Waals surface area contributed by atoms with Gasteiger partial charge in [-0.15, -0.1) is 0 Å². The Bertz CT molecular complexity index is 451. The van der Waals surface area contributed by atoms with Crippen LogP contribution in [0.5, 0.6) is 0 Å². The van der Waals surface area contributed by atoms with Crippen molar-refractivity contribution in [3.05, 3.63) is 11.6 Å². The number of allylic oxidation sites excluding steroid dienone is 1. The third-order valence-electron chi connectivity index (χ3n) is 6.62. The maximum Gasteiger partial charge on any atom is 0.0900 e. The van der Waals surface area contributed by atoms with Gasteiger partial charge in [0.25, 0.3) is 0 Å². The Kier molecular flexibility index (Phi) is 5.46. The zero-order valence-corrected chi connectivity index (χ0v) is 15.9. The van der Waals surface area contributed by atoms with Gasteiger partial charge in [-0.1, -0.05) is 26.8 Å². The first-order valence-corrected chi connectivity index (χ1v) is 10.2. The van der Waals surface area contributed by atoms with Crippen molar-refractivity contribution >= 4 is 11.8 Å². The quantitative estimate of drug-likeness (QED) is 0.754. The zero-order chi connectivity index (χ0) is 16.6. The highest BCUT2D eigenvalue weighted by atomic mass is 32.2. The average Bonchev–Trinajstić information content (AvgIpc) is 2.52. The Morgan fingerprint density at radius 3 is 2.91 bits per heavy atom. The number of hydrogen-bond acceptors (Lipinski definition) is 4. The highest BCUT2D eigenvalue weighted by Gasteiger charge is 2.50. The van der Waals surface area contributed by atoms with E-state index in [4.69, 9.17) is 4.74 Å². The summed E-state index contributed by atoms with van der Waals surface area (Å²) in [6.07, 6.45) is 4.57. The lowest BCUT2D eigenvalue weighted by molar-refractivity contribution is -0.0271. The Morgan fingerprint density at radius 1 is 1.43 bits per heavy atom.